The first-order valence-corrected chi connectivity index (χ1v) is 6.11. The number of rotatable bonds is 6. The van der Waals surface area contributed by atoms with Crippen LogP contribution in [0, 0.1) is 0 Å². The molecule has 0 atom stereocenters. The van der Waals surface area contributed by atoms with Crippen molar-refractivity contribution in [3.8, 4) is 5.75 Å². The number of hydrogen-bond acceptors (Lipinski definition) is 4. The summed E-state index contributed by atoms with van der Waals surface area (Å²) in [7, 11) is 1.94. The Bertz CT molecular complexity index is 602. The van der Waals surface area contributed by atoms with E-state index in [1.54, 1.807) is 24.5 Å². The second-order valence-electron chi connectivity index (χ2n) is 4.14. The Morgan fingerprint density at radius 3 is 2.90 bits per heavy atom. The summed E-state index contributed by atoms with van der Waals surface area (Å²) in [4.78, 5) is 18.7. The first kappa shape index (κ1) is 13.8. The number of aliphatic carboxylic acids is 1. The SMILES string of the molecule is Cn1ccnc1CCOc1ccc(/C=C/C(=O)O)nc1. The molecule has 0 bridgehead atoms. The molecule has 0 aliphatic rings. The number of carbonyl (C=O) groups is 1. The van der Waals surface area contributed by atoms with Gasteiger partial charge in [-0.25, -0.2) is 9.78 Å². The molecule has 0 aliphatic carbocycles. The molecule has 0 spiro atoms. The van der Waals surface area contributed by atoms with Gasteiger partial charge < -0.3 is 14.4 Å². The van der Waals surface area contributed by atoms with E-state index in [0.717, 1.165) is 11.9 Å². The molecule has 0 fully saturated rings. The fraction of sp³-hybridized carbons (Fsp3) is 0.214. The summed E-state index contributed by atoms with van der Waals surface area (Å²) in [6.45, 7) is 0.511. The van der Waals surface area contributed by atoms with E-state index < -0.39 is 5.97 Å². The largest absolute Gasteiger partial charge is 0.492 e. The van der Waals surface area contributed by atoms with E-state index in [-0.39, 0.29) is 0 Å². The van der Waals surface area contributed by atoms with Crippen LogP contribution in [0.2, 0.25) is 0 Å². The lowest BCUT2D eigenvalue weighted by atomic mass is 10.3. The van der Waals surface area contributed by atoms with Crippen molar-refractivity contribution < 1.29 is 14.6 Å². The molecule has 2 aromatic rings. The van der Waals surface area contributed by atoms with Crippen LogP contribution in [0.4, 0.5) is 0 Å². The number of aryl methyl sites for hydroxylation is 1. The Morgan fingerprint density at radius 2 is 2.30 bits per heavy atom. The predicted molar refractivity (Wildman–Crippen MR) is 73.3 cm³/mol. The number of carboxylic acid groups (broad SMARTS) is 1. The summed E-state index contributed by atoms with van der Waals surface area (Å²) in [5.74, 6) is 0.604. The number of ether oxygens (including phenoxy) is 1. The van der Waals surface area contributed by atoms with Crippen molar-refractivity contribution in [1.82, 2.24) is 14.5 Å². The molecular weight excluding hydrogens is 258 g/mol. The highest BCUT2D eigenvalue weighted by Gasteiger charge is 2.00. The quantitative estimate of drug-likeness (QED) is 0.808. The van der Waals surface area contributed by atoms with Gasteiger partial charge in [0.1, 0.15) is 11.6 Å². The van der Waals surface area contributed by atoms with Crippen molar-refractivity contribution in [2.24, 2.45) is 7.05 Å². The maximum absolute atomic E-state index is 10.4. The molecular formula is C14H15N3O3. The number of hydrogen-bond donors (Lipinski definition) is 1. The van der Waals surface area contributed by atoms with Crippen LogP contribution in [0.25, 0.3) is 6.08 Å². The molecule has 1 N–H and O–H groups in total. The number of nitrogens with zero attached hydrogens (tertiary/aromatic N) is 3. The van der Waals surface area contributed by atoms with E-state index in [0.29, 0.717) is 24.5 Å². The van der Waals surface area contributed by atoms with Gasteiger partial charge in [-0.3, -0.25) is 4.98 Å². The third-order valence-electron chi connectivity index (χ3n) is 2.67. The topological polar surface area (TPSA) is 77.2 Å². The molecule has 20 heavy (non-hydrogen) atoms. The molecule has 0 saturated heterocycles. The molecule has 0 unspecified atom stereocenters. The molecule has 6 heteroatoms. The van der Waals surface area contributed by atoms with Crippen LogP contribution in [0.15, 0.2) is 36.8 Å². The Balaban J connectivity index is 1.85. The molecule has 0 radical (unpaired) electrons. The molecule has 2 rings (SSSR count). The highest BCUT2D eigenvalue weighted by atomic mass is 16.5. The van der Waals surface area contributed by atoms with Crippen molar-refractivity contribution in [3.63, 3.8) is 0 Å². The minimum Gasteiger partial charge on any atom is -0.492 e. The fourth-order valence-electron chi connectivity index (χ4n) is 1.63. The van der Waals surface area contributed by atoms with E-state index in [9.17, 15) is 4.79 Å². The summed E-state index contributed by atoms with van der Waals surface area (Å²) in [6.07, 6.45) is 8.40. The van der Waals surface area contributed by atoms with Crippen LogP contribution in [0.1, 0.15) is 11.5 Å². The van der Waals surface area contributed by atoms with Crippen molar-refractivity contribution in [2.75, 3.05) is 6.61 Å². The van der Waals surface area contributed by atoms with Crippen LogP contribution >= 0.6 is 0 Å². The van der Waals surface area contributed by atoms with Gasteiger partial charge >= 0.3 is 5.97 Å². The minimum atomic E-state index is -0.998. The molecule has 0 saturated carbocycles. The second-order valence-corrected chi connectivity index (χ2v) is 4.14. The lowest BCUT2D eigenvalue weighted by Crippen LogP contribution is -2.06. The molecule has 0 amide bonds. The summed E-state index contributed by atoms with van der Waals surface area (Å²) in [5.41, 5.74) is 0.573. The molecule has 0 aromatic carbocycles. The Hall–Kier alpha value is -2.63. The van der Waals surface area contributed by atoms with Gasteiger partial charge in [0.2, 0.25) is 0 Å². The van der Waals surface area contributed by atoms with Crippen LogP contribution in [0.5, 0.6) is 5.75 Å². The van der Waals surface area contributed by atoms with Crippen molar-refractivity contribution >= 4 is 12.0 Å². The van der Waals surface area contributed by atoms with Crippen molar-refractivity contribution in [3.05, 3.63) is 48.3 Å². The first-order valence-electron chi connectivity index (χ1n) is 6.11. The second kappa shape index (κ2) is 6.51. The molecule has 6 nitrogen and oxygen atoms in total. The highest BCUT2D eigenvalue weighted by Crippen LogP contribution is 2.10. The van der Waals surface area contributed by atoms with Gasteiger partial charge in [-0.05, 0) is 18.2 Å². The number of carboxylic acids is 1. The van der Waals surface area contributed by atoms with E-state index in [1.165, 1.54) is 6.08 Å². The van der Waals surface area contributed by atoms with Crippen molar-refractivity contribution in [1.29, 1.82) is 0 Å². The lowest BCUT2D eigenvalue weighted by molar-refractivity contribution is -0.131. The first-order chi connectivity index (χ1) is 9.65. The van der Waals surface area contributed by atoms with E-state index in [2.05, 4.69) is 9.97 Å². The van der Waals surface area contributed by atoms with Crippen LogP contribution in [0.3, 0.4) is 0 Å². The third-order valence-corrected chi connectivity index (χ3v) is 2.67. The Morgan fingerprint density at radius 1 is 1.45 bits per heavy atom. The fourth-order valence-corrected chi connectivity index (χ4v) is 1.63. The zero-order valence-electron chi connectivity index (χ0n) is 11.1. The van der Waals surface area contributed by atoms with E-state index in [1.807, 2.05) is 17.8 Å². The van der Waals surface area contributed by atoms with E-state index in [4.69, 9.17) is 9.84 Å². The zero-order valence-corrected chi connectivity index (χ0v) is 11.1. The summed E-state index contributed by atoms with van der Waals surface area (Å²) in [6, 6.07) is 3.46. The minimum absolute atomic E-state index is 0.511. The average Bonchev–Trinajstić information content (AvgIpc) is 2.83. The summed E-state index contributed by atoms with van der Waals surface area (Å²) < 4.78 is 7.50. The van der Waals surface area contributed by atoms with Gasteiger partial charge in [0, 0.05) is 31.9 Å². The average molecular weight is 273 g/mol. The summed E-state index contributed by atoms with van der Waals surface area (Å²) in [5, 5.41) is 8.51. The molecule has 104 valence electrons. The predicted octanol–water partition coefficient (Wildman–Crippen LogP) is 1.53. The van der Waals surface area contributed by atoms with Crippen LogP contribution < -0.4 is 4.74 Å². The molecule has 2 heterocycles. The maximum atomic E-state index is 10.4. The van der Waals surface area contributed by atoms with Crippen LogP contribution in [-0.2, 0) is 18.3 Å². The number of aromatic nitrogens is 3. The standard InChI is InChI=1S/C14H15N3O3/c1-17-8-7-15-13(17)6-9-20-12-4-2-11(16-10-12)3-5-14(18)19/h2-5,7-8,10H,6,9H2,1H3,(H,18,19)/b5-3+. The van der Waals surface area contributed by atoms with Gasteiger partial charge in [-0.15, -0.1) is 0 Å². The van der Waals surface area contributed by atoms with Gasteiger partial charge in [0.25, 0.3) is 0 Å². The highest BCUT2D eigenvalue weighted by molar-refractivity contribution is 5.84. The summed E-state index contributed by atoms with van der Waals surface area (Å²) >= 11 is 0. The van der Waals surface area contributed by atoms with Gasteiger partial charge in [0.15, 0.2) is 0 Å². The lowest BCUT2D eigenvalue weighted by Gasteiger charge is -2.06. The number of pyridine rings is 1. The monoisotopic (exact) mass is 273 g/mol. The van der Waals surface area contributed by atoms with Gasteiger partial charge in [-0.2, -0.15) is 0 Å². The molecule has 2 aromatic heterocycles. The van der Waals surface area contributed by atoms with Gasteiger partial charge in [-0.1, -0.05) is 0 Å². The zero-order chi connectivity index (χ0) is 14.4. The third kappa shape index (κ3) is 3.94. The smallest absolute Gasteiger partial charge is 0.328 e. The van der Waals surface area contributed by atoms with Gasteiger partial charge in [0.05, 0.1) is 18.5 Å². The Kier molecular flexibility index (Phi) is 4.49. The maximum Gasteiger partial charge on any atom is 0.328 e. The number of imidazole rings is 1. The normalized spacial score (nSPS) is 10.8. The van der Waals surface area contributed by atoms with E-state index >= 15 is 0 Å². The van der Waals surface area contributed by atoms with Crippen LogP contribution in [-0.4, -0.2) is 32.2 Å². The van der Waals surface area contributed by atoms with Crippen molar-refractivity contribution in [2.45, 2.75) is 6.42 Å². The Labute approximate surface area is 116 Å². The molecule has 0 aliphatic heterocycles.